The highest BCUT2D eigenvalue weighted by atomic mass is 16.4. The van der Waals surface area contributed by atoms with E-state index in [0.29, 0.717) is 12.5 Å². The molecule has 2 rings (SSSR count). The van der Waals surface area contributed by atoms with Crippen LogP contribution in [0.3, 0.4) is 0 Å². The minimum atomic E-state index is -0.607. The zero-order chi connectivity index (χ0) is 7.19. The summed E-state index contributed by atoms with van der Waals surface area (Å²) < 4.78 is 0. The molecule has 0 amide bonds. The normalized spacial score (nSPS) is 44.2. The molecule has 3 nitrogen and oxygen atoms in total. The number of carboxylic acid groups (broad SMARTS) is 1. The third-order valence-corrected chi connectivity index (χ3v) is 2.77. The summed E-state index contributed by atoms with van der Waals surface area (Å²) in [5.74, 6) is -0.129. The number of nitrogens with one attached hydrogen (secondary N) is 1. The molecule has 0 radical (unpaired) electrons. The van der Waals surface area contributed by atoms with Gasteiger partial charge in [-0.2, -0.15) is 0 Å². The molecule has 0 aromatic heterocycles. The number of aliphatic carboxylic acids is 1. The molecule has 1 aliphatic heterocycles. The molecule has 2 atom stereocenters. The second-order valence-electron chi connectivity index (χ2n) is 3.33. The Morgan fingerprint density at radius 1 is 1.70 bits per heavy atom. The minimum Gasteiger partial charge on any atom is -0.481 e. The Morgan fingerprint density at radius 3 is 3.00 bits per heavy atom. The van der Waals surface area contributed by atoms with Crippen molar-refractivity contribution in [3.05, 3.63) is 0 Å². The molecule has 1 saturated heterocycles. The van der Waals surface area contributed by atoms with Gasteiger partial charge in [-0.05, 0) is 25.3 Å². The van der Waals surface area contributed by atoms with Crippen LogP contribution in [-0.2, 0) is 4.79 Å². The average Bonchev–Trinajstić information content (AvgIpc) is 2.61. The van der Waals surface area contributed by atoms with Crippen LogP contribution in [0.2, 0.25) is 0 Å². The number of piperidine rings is 1. The van der Waals surface area contributed by atoms with Crippen LogP contribution in [0, 0.1) is 11.3 Å². The standard InChI is InChI=1S/C7H11NO2/c9-6(10)7-3-5(7)1-2-8-4-7/h5,8H,1-4H2,(H,9,10)/t5?,7-/m1/s1. The fourth-order valence-corrected chi connectivity index (χ4v) is 1.90. The van der Waals surface area contributed by atoms with Crippen molar-refractivity contribution in [3.8, 4) is 0 Å². The smallest absolute Gasteiger partial charge is 0.311 e. The Kier molecular flexibility index (Phi) is 1.06. The number of hydrogen-bond acceptors (Lipinski definition) is 2. The predicted octanol–water partition coefficient (Wildman–Crippen LogP) is 0.0706. The highest BCUT2D eigenvalue weighted by Gasteiger charge is 2.60. The van der Waals surface area contributed by atoms with Crippen molar-refractivity contribution in [1.29, 1.82) is 0 Å². The molecule has 2 N–H and O–H groups in total. The van der Waals surface area contributed by atoms with E-state index in [1.807, 2.05) is 0 Å². The fraction of sp³-hybridized carbons (Fsp3) is 0.857. The van der Waals surface area contributed by atoms with Gasteiger partial charge < -0.3 is 10.4 Å². The third-order valence-electron chi connectivity index (χ3n) is 2.77. The molecule has 3 heteroatoms. The SMILES string of the molecule is O=C(O)[C@]12CNCCC1C2. The molecular weight excluding hydrogens is 130 g/mol. The molecule has 10 heavy (non-hydrogen) atoms. The summed E-state index contributed by atoms with van der Waals surface area (Å²) in [6.07, 6.45) is 1.95. The summed E-state index contributed by atoms with van der Waals surface area (Å²) in [6, 6.07) is 0. The first-order valence-corrected chi connectivity index (χ1v) is 3.70. The van der Waals surface area contributed by atoms with Crippen molar-refractivity contribution >= 4 is 5.97 Å². The number of hydrogen-bond donors (Lipinski definition) is 2. The molecule has 1 heterocycles. The highest BCUT2D eigenvalue weighted by molar-refractivity contribution is 5.79. The molecule has 2 aliphatic rings. The lowest BCUT2D eigenvalue weighted by atomic mass is 9.99. The van der Waals surface area contributed by atoms with E-state index in [1.165, 1.54) is 0 Å². The molecule has 0 aromatic rings. The molecule has 0 spiro atoms. The van der Waals surface area contributed by atoms with E-state index in [4.69, 9.17) is 5.11 Å². The summed E-state index contributed by atoms with van der Waals surface area (Å²) in [5, 5.41) is 11.9. The predicted molar refractivity (Wildman–Crippen MR) is 35.7 cm³/mol. The van der Waals surface area contributed by atoms with E-state index in [1.54, 1.807) is 0 Å². The second-order valence-corrected chi connectivity index (χ2v) is 3.33. The lowest BCUT2D eigenvalue weighted by Gasteiger charge is -2.18. The zero-order valence-corrected chi connectivity index (χ0v) is 5.76. The lowest BCUT2D eigenvalue weighted by molar-refractivity contribution is -0.144. The topological polar surface area (TPSA) is 49.3 Å². The first-order valence-electron chi connectivity index (χ1n) is 3.70. The van der Waals surface area contributed by atoms with Gasteiger partial charge in [0.15, 0.2) is 0 Å². The molecule has 56 valence electrons. The van der Waals surface area contributed by atoms with Crippen molar-refractivity contribution in [1.82, 2.24) is 5.32 Å². The van der Waals surface area contributed by atoms with Gasteiger partial charge >= 0.3 is 5.97 Å². The molecule has 1 saturated carbocycles. The second kappa shape index (κ2) is 1.72. The van der Waals surface area contributed by atoms with Gasteiger partial charge in [0.1, 0.15) is 0 Å². The van der Waals surface area contributed by atoms with Gasteiger partial charge in [-0.3, -0.25) is 4.79 Å². The lowest BCUT2D eigenvalue weighted by Crippen LogP contribution is -2.36. The fourth-order valence-electron chi connectivity index (χ4n) is 1.90. The molecule has 0 aromatic carbocycles. The Labute approximate surface area is 59.4 Å². The largest absolute Gasteiger partial charge is 0.481 e. The van der Waals surface area contributed by atoms with Gasteiger partial charge in [0, 0.05) is 6.54 Å². The van der Waals surface area contributed by atoms with Crippen LogP contribution in [0.5, 0.6) is 0 Å². The van der Waals surface area contributed by atoms with Gasteiger partial charge in [-0.1, -0.05) is 0 Å². The van der Waals surface area contributed by atoms with Crippen molar-refractivity contribution in [3.63, 3.8) is 0 Å². The molecule has 1 unspecified atom stereocenters. The monoisotopic (exact) mass is 141 g/mol. The van der Waals surface area contributed by atoms with Crippen molar-refractivity contribution in [2.45, 2.75) is 12.8 Å². The summed E-state index contributed by atoms with van der Waals surface area (Å²) in [7, 11) is 0. The van der Waals surface area contributed by atoms with Crippen LogP contribution in [0.15, 0.2) is 0 Å². The van der Waals surface area contributed by atoms with Crippen molar-refractivity contribution in [2.24, 2.45) is 11.3 Å². The maximum Gasteiger partial charge on any atom is 0.311 e. The van der Waals surface area contributed by atoms with Crippen LogP contribution in [-0.4, -0.2) is 24.2 Å². The van der Waals surface area contributed by atoms with Crippen molar-refractivity contribution in [2.75, 3.05) is 13.1 Å². The van der Waals surface area contributed by atoms with Crippen LogP contribution < -0.4 is 5.32 Å². The number of rotatable bonds is 1. The van der Waals surface area contributed by atoms with E-state index in [2.05, 4.69) is 5.32 Å². The van der Waals surface area contributed by atoms with Gasteiger partial charge in [0.05, 0.1) is 5.41 Å². The van der Waals surface area contributed by atoms with Crippen LogP contribution >= 0.6 is 0 Å². The summed E-state index contributed by atoms with van der Waals surface area (Å²) >= 11 is 0. The summed E-state index contributed by atoms with van der Waals surface area (Å²) in [6.45, 7) is 1.69. The van der Waals surface area contributed by atoms with E-state index in [-0.39, 0.29) is 5.41 Å². The molecule has 1 aliphatic carbocycles. The van der Waals surface area contributed by atoms with E-state index >= 15 is 0 Å². The number of carboxylic acids is 1. The Balaban J connectivity index is 2.12. The van der Waals surface area contributed by atoms with E-state index in [0.717, 1.165) is 19.4 Å². The average molecular weight is 141 g/mol. The Bertz CT molecular complexity index is 180. The number of fused-ring (bicyclic) bond motifs is 1. The summed E-state index contributed by atoms with van der Waals surface area (Å²) in [4.78, 5) is 10.7. The minimum absolute atomic E-state index is 0.349. The highest BCUT2D eigenvalue weighted by Crippen LogP contribution is 2.55. The Hall–Kier alpha value is -0.570. The van der Waals surface area contributed by atoms with E-state index < -0.39 is 5.97 Å². The maximum atomic E-state index is 10.7. The quantitative estimate of drug-likeness (QED) is 0.543. The first kappa shape index (κ1) is 6.16. The first-order chi connectivity index (χ1) is 4.76. The molecule has 0 bridgehead atoms. The Morgan fingerprint density at radius 2 is 2.50 bits per heavy atom. The zero-order valence-electron chi connectivity index (χ0n) is 5.76. The van der Waals surface area contributed by atoms with Crippen LogP contribution in [0.25, 0.3) is 0 Å². The van der Waals surface area contributed by atoms with Crippen LogP contribution in [0.4, 0.5) is 0 Å². The number of carbonyl (C=O) groups is 1. The molecule has 2 fully saturated rings. The third kappa shape index (κ3) is 0.611. The maximum absolute atomic E-state index is 10.7. The van der Waals surface area contributed by atoms with Crippen molar-refractivity contribution < 1.29 is 9.90 Å². The van der Waals surface area contributed by atoms with Crippen LogP contribution in [0.1, 0.15) is 12.8 Å². The molecular formula is C7H11NO2. The van der Waals surface area contributed by atoms with E-state index in [9.17, 15) is 4.79 Å². The van der Waals surface area contributed by atoms with Gasteiger partial charge in [0.2, 0.25) is 0 Å². The summed E-state index contributed by atoms with van der Waals surface area (Å²) in [5.41, 5.74) is -0.349. The van der Waals surface area contributed by atoms with Gasteiger partial charge in [-0.25, -0.2) is 0 Å². The van der Waals surface area contributed by atoms with Gasteiger partial charge in [-0.15, -0.1) is 0 Å². The van der Waals surface area contributed by atoms with Gasteiger partial charge in [0.25, 0.3) is 0 Å².